The Morgan fingerprint density at radius 3 is 2.70 bits per heavy atom. The lowest BCUT2D eigenvalue weighted by Crippen LogP contribution is -1.93. The Labute approximate surface area is 137 Å². The lowest BCUT2D eigenvalue weighted by Gasteiger charge is -1.99. The standard InChI is InChI=1S/C17H14FN3OS/c1-11-16(21-10-20-13-3-5-14(22)6-4-13)8-17(23-11)15-7-2-12(18)9-19-15/h2-10,22H,1H3,(H,20,21). The van der Waals surface area contributed by atoms with Crippen molar-refractivity contribution >= 4 is 29.1 Å². The van der Waals surface area contributed by atoms with Crippen LogP contribution < -0.4 is 5.32 Å². The zero-order valence-electron chi connectivity index (χ0n) is 12.3. The predicted molar refractivity (Wildman–Crippen MR) is 92.1 cm³/mol. The molecule has 4 nitrogen and oxygen atoms in total. The first kappa shape index (κ1) is 15.2. The summed E-state index contributed by atoms with van der Waals surface area (Å²) in [6.07, 6.45) is 2.81. The molecule has 1 aromatic carbocycles. The topological polar surface area (TPSA) is 57.5 Å². The van der Waals surface area contributed by atoms with E-state index in [1.165, 1.54) is 12.3 Å². The number of anilines is 1. The first-order valence-electron chi connectivity index (χ1n) is 6.92. The maximum atomic E-state index is 12.9. The van der Waals surface area contributed by atoms with Gasteiger partial charge in [0.1, 0.15) is 11.6 Å². The quantitative estimate of drug-likeness (QED) is 0.413. The van der Waals surface area contributed by atoms with Crippen molar-refractivity contribution < 1.29 is 9.50 Å². The number of hydrogen-bond donors (Lipinski definition) is 2. The maximum Gasteiger partial charge on any atom is 0.141 e. The molecule has 0 saturated heterocycles. The molecule has 0 aliphatic rings. The van der Waals surface area contributed by atoms with Crippen molar-refractivity contribution in [2.45, 2.75) is 6.92 Å². The number of halogens is 1. The average molecular weight is 327 g/mol. The van der Waals surface area contributed by atoms with E-state index in [4.69, 9.17) is 0 Å². The number of hydrogen-bond acceptors (Lipinski definition) is 4. The highest BCUT2D eigenvalue weighted by Gasteiger charge is 2.07. The fourth-order valence-electron chi connectivity index (χ4n) is 1.98. The molecule has 3 aromatic rings. The number of aliphatic imine (C=N–C) groups is 1. The van der Waals surface area contributed by atoms with Gasteiger partial charge in [-0.2, -0.15) is 0 Å². The number of rotatable bonds is 4. The van der Waals surface area contributed by atoms with E-state index >= 15 is 0 Å². The van der Waals surface area contributed by atoms with Crippen molar-refractivity contribution in [2.75, 3.05) is 5.32 Å². The van der Waals surface area contributed by atoms with Gasteiger partial charge in [0.15, 0.2) is 0 Å². The monoisotopic (exact) mass is 327 g/mol. The minimum Gasteiger partial charge on any atom is -0.508 e. The molecule has 6 heteroatoms. The molecule has 2 heterocycles. The third-order valence-corrected chi connectivity index (χ3v) is 4.24. The molecule has 2 N–H and O–H groups in total. The number of pyridine rings is 1. The van der Waals surface area contributed by atoms with Crippen LogP contribution in [0, 0.1) is 12.7 Å². The van der Waals surface area contributed by atoms with Crippen molar-refractivity contribution in [1.82, 2.24) is 4.98 Å². The Bertz CT molecular complexity index is 826. The molecule has 0 spiro atoms. The van der Waals surface area contributed by atoms with E-state index in [0.29, 0.717) is 0 Å². The van der Waals surface area contributed by atoms with E-state index in [2.05, 4.69) is 15.3 Å². The summed E-state index contributed by atoms with van der Waals surface area (Å²) in [4.78, 5) is 10.5. The fourth-order valence-corrected chi connectivity index (χ4v) is 2.92. The molecule has 116 valence electrons. The lowest BCUT2D eigenvalue weighted by molar-refractivity contribution is 0.475. The van der Waals surface area contributed by atoms with Crippen molar-refractivity contribution in [2.24, 2.45) is 4.99 Å². The van der Waals surface area contributed by atoms with Crippen LogP contribution in [0.4, 0.5) is 15.8 Å². The Balaban J connectivity index is 1.74. The van der Waals surface area contributed by atoms with E-state index in [1.54, 1.807) is 48.0 Å². The van der Waals surface area contributed by atoms with Gasteiger partial charge in [-0.1, -0.05) is 0 Å². The summed E-state index contributed by atoms with van der Waals surface area (Å²) in [5.41, 5.74) is 2.40. The van der Waals surface area contributed by atoms with E-state index in [1.807, 2.05) is 13.0 Å². The highest BCUT2D eigenvalue weighted by molar-refractivity contribution is 7.15. The van der Waals surface area contributed by atoms with E-state index < -0.39 is 0 Å². The molecular weight excluding hydrogens is 313 g/mol. The smallest absolute Gasteiger partial charge is 0.141 e. The number of aryl methyl sites for hydroxylation is 1. The van der Waals surface area contributed by atoms with Gasteiger partial charge in [0.2, 0.25) is 0 Å². The van der Waals surface area contributed by atoms with Gasteiger partial charge in [0.25, 0.3) is 0 Å². The summed E-state index contributed by atoms with van der Waals surface area (Å²) in [7, 11) is 0. The number of phenolic OH excluding ortho intramolecular Hbond substituents is 1. The van der Waals surface area contributed by atoms with Crippen molar-refractivity contribution in [3.63, 3.8) is 0 Å². The van der Waals surface area contributed by atoms with Crippen LogP contribution in [0.2, 0.25) is 0 Å². The lowest BCUT2D eigenvalue weighted by atomic mass is 10.3. The Morgan fingerprint density at radius 2 is 2.00 bits per heavy atom. The summed E-state index contributed by atoms with van der Waals surface area (Å²) in [6, 6.07) is 11.7. The van der Waals surface area contributed by atoms with Crippen LogP contribution >= 0.6 is 11.3 Å². The number of benzene rings is 1. The van der Waals surface area contributed by atoms with Crippen LogP contribution in [0.1, 0.15) is 4.88 Å². The molecular formula is C17H14FN3OS. The SMILES string of the molecule is Cc1sc(-c2ccc(F)cn2)cc1N=CNc1ccc(O)cc1. The highest BCUT2D eigenvalue weighted by Crippen LogP contribution is 2.34. The predicted octanol–water partition coefficient (Wildman–Crippen LogP) is 4.74. The summed E-state index contributed by atoms with van der Waals surface area (Å²) in [6.45, 7) is 1.98. The fraction of sp³-hybridized carbons (Fsp3) is 0.0588. The van der Waals surface area contributed by atoms with Gasteiger partial charge in [-0.25, -0.2) is 9.38 Å². The van der Waals surface area contributed by atoms with Gasteiger partial charge in [-0.3, -0.25) is 4.98 Å². The third-order valence-electron chi connectivity index (χ3n) is 3.17. The third kappa shape index (κ3) is 3.73. The van der Waals surface area contributed by atoms with E-state index in [0.717, 1.165) is 26.8 Å². The van der Waals surface area contributed by atoms with Gasteiger partial charge >= 0.3 is 0 Å². The second-order valence-corrected chi connectivity index (χ2v) is 6.12. The molecule has 3 rings (SSSR count). The van der Waals surface area contributed by atoms with Gasteiger partial charge in [0.05, 0.1) is 28.8 Å². The summed E-state index contributed by atoms with van der Waals surface area (Å²) in [5, 5.41) is 12.3. The van der Waals surface area contributed by atoms with Crippen LogP contribution in [0.5, 0.6) is 5.75 Å². The van der Waals surface area contributed by atoms with Crippen molar-refractivity contribution in [3.8, 4) is 16.3 Å². The second-order valence-electron chi connectivity index (χ2n) is 4.86. The van der Waals surface area contributed by atoms with Gasteiger partial charge in [-0.15, -0.1) is 11.3 Å². The first-order chi connectivity index (χ1) is 11.1. The number of aromatic nitrogens is 1. The zero-order valence-corrected chi connectivity index (χ0v) is 13.1. The minimum absolute atomic E-state index is 0.220. The number of nitrogens with zero attached hydrogens (tertiary/aromatic N) is 2. The highest BCUT2D eigenvalue weighted by atomic mass is 32.1. The van der Waals surface area contributed by atoms with Crippen molar-refractivity contribution in [3.05, 3.63) is 59.4 Å². The van der Waals surface area contributed by atoms with Gasteiger partial charge in [0, 0.05) is 10.6 Å². The number of aromatic hydroxyl groups is 1. The van der Waals surface area contributed by atoms with Crippen molar-refractivity contribution in [1.29, 1.82) is 0 Å². The number of nitrogens with one attached hydrogen (secondary N) is 1. The van der Waals surface area contributed by atoms with Gasteiger partial charge < -0.3 is 10.4 Å². The van der Waals surface area contributed by atoms with Crippen LogP contribution in [0.15, 0.2) is 53.7 Å². The average Bonchev–Trinajstić information content (AvgIpc) is 2.91. The molecule has 2 aromatic heterocycles. The number of phenols is 1. The molecule has 0 radical (unpaired) electrons. The summed E-state index contributed by atoms with van der Waals surface area (Å²) >= 11 is 1.56. The summed E-state index contributed by atoms with van der Waals surface area (Å²) < 4.78 is 12.9. The Morgan fingerprint density at radius 1 is 1.22 bits per heavy atom. The van der Waals surface area contributed by atoms with E-state index in [9.17, 15) is 9.50 Å². The van der Waals surface area contributed by atoms with Crippen LogP contribution in [-0.2, 0) is 0 Å². The molecule has 0 saturated carbocycles. The molecule has 0 unspecified atom stereocenters. The molecule has 23 heavy (non-hydrogen) atoms. The molecule has 0 atom stereocenters. The molecule has 0 bridgehead atoms. The van der Waals surface area contributed by atoms with Crippen LogP contribution in [0.3, 0.4) is 0 Å². The molecule has 0 aliphatic carbocycles. The van der Waals surface area contributed by atoms with E-state index in [-0.39, 0.29) is 11.6 Å². The maximum absolute atomic E-state index is 12.9. The number of thiophene rings is 1. The molecule has 0 aliphatic heterocycles. The Hall–Kier alpha value is -2.73. The Kier molecular flexibility index (Phi) is 4.34. The van der Waals surface area contributed by atoms with Crippen LogP contribution in [0.25, 0.3) is 10.6 Å². The van der Waals surface area contributed by atoms with Gasteiger partial charge in [-0.05, 0) is 49.4 Å². The normalized spacial score (nSPS) is 11.0. The molecule has 0 amide bonds. The van der Waals surface area contributed by atoms with Crippen LogP contribution in [-0.4, -0.2) is 16.4 Å². The molecule has 0 fully saturated rings. The largest absolute Gasteiger partial charge is 0.508 e. The zero-order chi connectivity index (χ0) is 16.2. The summed E-state index contributed by atoms with van der Waals surface area (Å²) in [5.74, 6) is -0.129. The first-order valence-corrected chi connectivity index (χ1v) is 7.74. The second kappa shape index (κ2) is 6.58. The minimum atomic E-state index is -0.349.